The first-order valence-corrected chi connectivity index (χ1v) is 9.50. The maximum Gasteiger partial charge on any atom is 0.225 e. The van der Waals surface area contributed by atoms with E-state index >= 15 is 0 Å². The van der Waals surface area contributed by atoms with Gasteiger partial charge >= 0.3 is 0 Å². The predicted molar refractivity (Wildman–Crippen MR) is 98.8 cm³/mol. The van der Waals surface area contributed by atoms with E-state index in [9.17, 15) is 4.79 Å². The Hall–Kier alpha value is -1.35. The summed E-state index contributed by atoms with van der Waals surface area (Å²) in [6, 6.07) is 8.76. The summed E-state index contributed by atoms with van der Waals surface area (Å²) in [5, 5.41) is 0. The third-order valence-electron chi connectivity index (χ3n) is 5.64. The van der Waals surface area contributed by atoms with Crippen LogP contribution in [0.15, 0.2) is 24.3 Å². The molecule has 2 saturated heterocycles. The van der Waals surface area contributed by atoms with Gasteiger partial charge in [0, 0.05) is 25.6 Å². The average Bonchev–Trinajstić information content (AvgIpc) is 2.54. The fourth-order valence-electron chi connectivity index (χ4n) is 4.28. The van der Waals surface area contributed by atoms with Crippen molar-refractivity contribution in [2.75, 3.05) is 26.2 Å². The van der Waals surface area contributed by atoms with Gasteiger partial charge in [0.05, 0.1) is 0 Å². The molecule has 0 saturated carbocycles. The van der Waals surface area contributed by atoms with Crippen LogP contribution in [0.3, 0.4) is 0 Å². The number of hydrogen-bond donors (Lipinski definition) is 0. The Morgan fingerprint density at radius 2 is 1.96 bits per heavy atom. The first kappa shape index (κ1) is 17.5. The SMILES string of the molecule is Cc1cccc(CN2CCC(C(=O)N3CCCC(C)(C)C3)CC2)c1. The van der Waals surface area contributed by atoms with Gasteiger partial charge in [-0.2, -0.15) is 0 Å². The summed E-state index contributed by atoms with van der Waals surface area (Å²) in [6.07, 6.45) is 4.43. The Bertz CT molecular complexity index is 573. The Morgan fingerprint density at radius 3 is 2.62 bits per heavy atom. The molecule has 3 heteroatoms. The highest BCUT2D eigenvalue weighted by Crippen LogP contribution is 2.30. The van der Waals surface area contributed by atoms with E-state index < -0.39 is 0 Å². The van der Waals surface area contributed by atoms with E-state index in [4.69, 9.17) is 0 Å². The van der Waals surface area contributed by atoms with Crippen LogP contribution >= 0.6 is 0 Å². The van der Waals surface area contributed by atoms with Crippen LogP contribution in [0.1, 0.15) is 50.7 Å². The lowest BCUT2D eigenvalue weighted by atomic mass is 9.83. The summed E-state index contributed by atoms with van der Waals surface area (Å²) in [5.41, 5.74) is 3.00. The summed E-state index contributed by atoms with van der Waals surface area (Å²) >= 11 is 0. The number of carbonyl (C=O) groups is 1. The highest BCUT2D eigenvalue weighted by molar-refractivity contribution is 5.79. The number of likely N-dealkylation sites (tertiary alicyclic amines) is 2. The van der Waals surface area contributed by atoms with E-state index in [-0.39, 0.29) is 5.92 Å². The zero-order chi connectivity index (χ0) is 17.2. The van der Waals surface area contributed by atoms with E-state index in [2.05, 4.69) is 54.8 Å². The number of nitrogens with zero attached hydrogens (tertiary/aromatic N) is 2. The second-order valence-electron chi connectivity index (χ2n) is 8.57. The number of rotatable bonds is 3. The van der Waals surface area contributed by atoms with Gasteiger partial charge in [0.1, 0.15) is 0 Å². The molecule has 0 aromatic heterocycles. The van der Waals surface area contributed by atoms with Gasteiger partial charge in [-0.1, -0.05) is 43.7 Å². The molecule has 1 amide bonds. The molecular formula is C21H32N2O. The molecule has 0 aliphatic carbocycles. The largest absolute Gasteiger partial charge is 0.342 e. The Balaban J connectivity index is 1.50. The first-order chi connectivity index (χ1) is 11.4. The van der Waals surface area contributed by atoms with E-state index in [1.165, 1.54) is 17.5 Å². The third kappa shape index (κ3) is 4.38. The number of carbonyl (C=O) groups excluding carboxylic acids is 1. The number of piperidine rings is 2. The molecule has 0 N–H and O–H groups in total. The molecule has 2 fully saturated rings. The van der Waals surface area contributed by atoms with Gasteiger partial charge in [-0.05, 0) is 56.7 Å². The zero-order valence-corrected chi connectivity index (χ0v) is 15.6. The van der Waals surface area contributed by atoms with Crippen molar-refractivity contribution >= 4 is 5.91 Å². The van der Waals surface area contributed by atoms with Crippen LogP contribution in [-0.2, 0) is 11.3 Å². The quantitative estimate of drug-likeness (QED) is 0.841. The molecule has 0 spiro atoms. The normalized spacial score (nSPS) is 22.5. The van der Waals surface area contributed by atoms with Gasteiger partial charge < -0.3 is 4.90 Å². The van der Waals surface area contributed by atoms with Crippen LogP contribution in [-0.4, -0.2) is 41.9 Å². The van der Waals surface area contributed by atoms with Gasteiger partial charge in [0.25, 0.3) is 0 Å². The molecular weight excluding hydrogens is 296 g/mol. The van der Waals surface area contributed by atoms with E-state index in [1.54, 1.807) is 0 Å². The average molecular weight is 329 g/mol. The van der Waals surface area contributed by atoms with Crippen molar-refractivity contribution in [3.8, 4) is 0 Å². The molecule has 2 aliphatic rings. The molecule has 3 nitrogen and oxygen atoms in total. The maximum absolute atomic E-state index is 12.9. The minimum absolute atomic E-state index is 0.243. The Morgan fingerprint density at radius 1 is 1.21 bits per heavy atom. The second-order valence-corrected chi connectivity index (χ2v) is 8.57. The highest BCUT2D eigenvalue weighted by atomic mass is 16.2. The van der Waals surface area contributed by atoms with Crippen LogP contribution in [0, 0.1) is 18.3 Å². The summed E-state index contributed by atoms with van der Waals surface area (Å²) < 4.78 is 0. The molecule has 132 valence electrons. The molecule has 0 bridgehead atoms. The predicted octanol–water partition coefficient (Wildman–Crippen LogP) is 3.86. The van der Waals surface area contributed by atoms with Gasteiger partial charge in [0.2, 0.25) is 5.91 Å². The van der Waals surface area contributed by atoms with Gasteiger partial charge in [-0.3, -0.25) is 9.69 Å². The molecule has 1 aromatic carbocycles. The molecule has 3 rings (SSSR count). The van der Waals surface area contributed by atoms with Crippen molar-refractivity contribution in [2.24, 2.45) is 11.3 Å². The Kier molecular flexibility index (Phi) is 5.29. The maximum atomic E-state index is 12.9. The third-order valence-corrected chi connectivity index (χ3v) is 5.64. The molecule has 0 radical (unpaired) electrons. The summed E-state index contributed by atoms with van der Waals surface area (Å²) in [7, 11) is 0. The number of amides is 1. The topological polar surface area (TPSA) is 23.6 Å². The number of aryl methyl sites for hydroxylation is 1. The Labute approximate surface area is 147 Å². The minimum Gasteiger partial charge on any atom is -0.342 e. The molecule has 2 aliphatic heterocycles. The lowest BCUT2D eigenvalue weighted by Crippen LogP contribution is -2.48. The van der Waals surface area contributed by atoms with E-state index in [1.807, 2.05) is 0 Å². The van der Waals surface area contributed by atoms with Gasteiger partial charge in [0.15, 0.2) is 0 Å². The minimum atomic E-state index is 0.243. The van der Waals surface area contributed by atoms with E-state index in [0.717, 1.165) is 52.0 Å². The van der Waals surface area contributed by atoms with Crippen LogP contribution in [0.5, 0.6) is 0 Å². The van der Waals surface area contributed by atoms with Crippen molar-refractivity contribution in [3.63, 3.8) is 0 Å². The van der Waals surface area contributed by atoms with Gasteiger partial charge in [-0.25, -0.2) is 0 Å². The van der Waals surface area contributed by atoms with Crippen LogP contribution in [0.2, 0.25) is 0 Å². The molecule has 0 atom stereocenters. The fraction of sp³-hybridized carbons (Fsp3) is 0.667. The van der Waals surface area contributed by atoms with Crippen molar-refractivity contribution in [3.05, 3.63) is 35.4 Å². The second kappa shape index (κ2) is 7.26. The van der Waals surface area contributed by atoms with Crippen molar-refractivity contribution in [1.82, 2.24) is 9.80 Å². The van der Waals surface area contributed by atoms with Crippen molar-refractivity contribution in [2.45, 2.75) is 53.0 Å². The van der Waals surface area contributed by atoms with Crippen molar-refractivity contribution in [1.29, 1.82) is 0 Å². The monoisotopic (exact) mass is 328 g/mol. The number of hydrogen-bond acceptors (Lipinski definition) is 2. The van der Waals surface area contributed by atoms with E-state index in [0.29, 0.717) is 11.3 Å². The highest BCUT2D eigenvalue weighted by Gasteiger charge is 2.33. The van der Waals surface area contributed by atoms with Crippen LogP contribution < -0.4 is 0 Å². The lowest BCUT2D eigenvalue weighted by molar-refractivity contribution is -0.140. The van der Waals surface area contributed by atoms with Crippen LogP contribution in [0.4, 0.5) is 0 Å². The number of benzene rings is 1. The fourth-order valence-corrected chi connectivity index (χ4v) is 4.28. The molecule has 2 heterocycles. The smallest absolute Gasteiger partial charge is 0.225 e. The standard InChI is InChI=1S/C21H32N2O/c1-17-6-4-7-18(14-17)15-22-12-8-19(9-13-22)20(24)23-11-5-10-21(2,3)16-23/h4,6-7,14,19H,5,8-13,15-16H2,1-3H3. The summed E-state index contributed by atoms with van der Waals surface area (Å²) in [5.74, 6) is 0.658. The zero-order valence-electron chi connectivity index (χ0n) is 15.6. The molecule has 1 aromatic rings. The van der Waals surface area contributed by atoms with Gasteiger partial charge in [-0.15, -0.1) is 0 Å². The van der Waals surface area contributed by atoms with Crippen LogP contribution in [0.25, 0.3) is 0 Å². The lowest BCUT2D eigenvalue weighted by Gasteiger charge is -2.41. The van der Waals surface area contributed by atoms with Crippen molar-refractivity contribution < 1.29 is 4.79 Å². The summed E-state index contributed by atoms with van der Waals surface area (Å²) in [6.45, 7) is 11.7. The first-order valence-electron chi connectivity index (χ1n) is 9.50. The summed E-state index contributed by atoms with van der Waals surface area (Å²) in [4.78, 5) is 17.5. The molecule has 0 unspecified atom stereocenters. The molecule has 24 heavy (non-hydrogen) atoms.